The second kappa shape index (κ2) is 4.73. The molecule has 16 heavy (non-hydrogen) atoms. The van der Waals surface area contributed by atoms with Gasteiger partial charge in [0.05, 0.1) is 0 Å². The highest BCUT2D eigenvalue weighted by atomic mass is 79.9. The van der Waals surface area contributed by atoms with Gasteiger partial charge < -0.3 is 5.32 Å². The molecule has 4 nitrogen and oxygen atoms in total. The van der Waals surface area contributed by atoms with E-state index >= 15 is 0 Å². The summed E-state index contributed by atoms with van der Waals surface area (Å²) in [6.07, 6.45) is 0. The topological polar surface area (TPSA) is 53.5 Å². The van der Waals surface area contributed by atoms with Gasteiger partial charge in [0.15, 0.2) is 5.96 Å². The van der Waals surface area contributed by atoms with Crippen molar-refractivity contribution in [3.8, 4) is 0 Å². The lowest BCUT2D eigenvalue weighted by atomic mass is 10.2. The molecule has 2 heterocycles. The third-order valence-electron chi connectivity index (χ3n) is 2.05. The number of hydrogen-bond donors (Lipinski definition) is 2. The SMILES string of the molecule is CCN=C1NC(=O)C(c2cc(Br)c(Cl)s2)N1. The summed E-state index contributed by atoms with van der Waals surface area (Å²) in [5.41, 5.74) is 0. The molecule has 1 aliphatic heterocycles. The molecule has 86 valence electrons. The third kappa shape index (κ3) is 2.23. The van der Waals surface area contributed by atoms with Crippen molar-refractivity contribution in [2.45, 2.75) is 13.0 Å². The standard InChI is InChI=1S/C9H9BrClN3OS/c1-2-12-9-13-6(8(15)14-9)5-3-4(10)7(11)16-5/h3,6H,2H2,1H3,(H2,12,13,14,15). The molecule has 0 saturated carbocycles. The average Bonchev–Trinajstić information content (AvgIpc) is 2.73. The largest absolute Gasteiger partial charge is 0.340 e. The molecule has 7 heteroatoms. The van der Waals surface area contributed by atoms with E-state index in [1.54, 1.807) is 0 Å². The first-order valence-electron chi connectivity index (χ1n) is 4.68. The van der Waals surface area contributed by atoms with Crippen molar-refractivity contribution in [1.29, 1.82) is 0 Å². The molecule has 1 aromatic rings. The quantitative estimate of drug-likeness (QED) is 0.878. The van der Waals surface area contributed by atoms with Crippen LogP contribution < -0.4 is 10.6 Å². The molecule has 0 radical (unpaired) electrons. The second-order valence-electron chi connectivity index (χ2n) is 3.16. The molecule has 0 aliphatic carbocycles. The number of aliphatic imine (C=N–C) groups is 1. The lowest BCUT2D eigenvalue weighted by molar-refractivity contribution is -0.120. The zero-order valence-electron chi connectivity index (χ0n) is 8.38. The number of hydrogen-bond acceptors (Lipinski definition) is 3. The first-order chi connectivity index (χ1) is 7.61. The van der Waals surface area contributed by atoms with Crippen LogP contribution in [0, 0.1) is 0 Å². The molecule has 0 aromatic carbocycles. The van der Waals surface area contributed by atoms with Gasteiger partial charge in [0.25, 0.3) is 5.91 Å². The first-order valence-corrected chi connectivity index (χ1v) is 6.67. The lowest BCUT2D eigenvalue weighted by Gasteiger charge is -2.03. The minimum atomic E-state index is -0.390. The number of carbonyl (C=O) groups excluding carboxylic acids is 1. The summed E-state index contributed by atoms with van der Waals surface area (Å²) in [4.78, 5) is 16.7. The normalized spacial score (nSPS) is 22.3. The van der Waals surface area contributed by atoms with Crippen LogP contribution in [0.1, 0.15) is 17.8 Å². The van der Waals surface area contributed by atoms with E-state index in [1.807, 2.05) is 13.0 Å². The van der Waals surface area contributed by atoms with Gasteiger partial charge in [0, 0.05) is 15.9 Å². The zero-order chi connectivity index (χ0) is 11.7. The maximum Gasteiger partial charge on any atom is 0.254 e. The van der Waals surface area contributed by atoms with E-state index in [0.29, 0.717) is 16.8 Å². The van der Waals surface area contributed by atoms with Crippen molar-refractivity contribution >= 4 is 50.7 Å². The molecule has 1 saturated heterocycles. The molecule has 2 N–H and O–H groups in total. The van der Waals surface area contributed by atoms with Crippen LogP contribution in [-0.4, -0.2) is 18.4 Å². The predicted octanol–water partition coefficient (Wildman–Crippen LogP) is 2.30. The predicted molar refractivity (Wildman–Crippen MR) is 69.0 cm³/mol. The minimum Gasteiger partial charge on any atom is -0.340 e. The van der Waals surface area contributed by atoms with E-state index in [2.05, 4.69) is 31.6 Å². The number of thiophene rings is 1. The summed E-state index contributed by atoms with van der Waals surface area (Å²) in [6.45, 7) is 2.54. The fourth-order valence-electron chi connectivity index (χ4n) is 1.38. The highest BCUT2D eigenvalue weighted by Crippen LogP contribution is 2.35. The molecule has 1 fully saturated rings. The minimum absolute atomic E-state index is 0.0994. The van der Waals surface area contributed by atoms with E-state index < -0.39 is 0 Å². The maximum absolute atomic E-state index is 11.7. The van der Waals surface area contributed by atoms with Gasteiger partial charge in [-0.25, -0.2) is 0 Å². The number of guanidine groups is 1. The lowest BCUT2D eigenvalue weighted by Crippen LogP contribution is -2.25. The van der Waals surface area contributed by atoms with Crippen molar-refractivity contribution in [2.24, 2.45) is 4.99 Å². The molecular formula is C9H9BrClN3OS. The fourth-order valence-corrected chi connectivity index (χ4v) is 3.16. The van der Waals surface area contributed by atoms with Crippen LogP contribution in [0.5, 0.6) is 0 Å². The third-order valence-corrected chi connectivity index (χ3v) is 4.59. The van der Waals surface area contributed by atoms with Gasteiger partial charge in [-0.05, 0) is 28.9 Å². The Morgan fingerprint density at radius 3 is 3.00 bits per heavy atom. The Bertz CT molecular complexity index is 440. The van der Waals surface area contributed by atoms with E-state index in [1.165, 1.54) is 11.3 Å². The summed E-state index contributed by atoms with van der Waals surface area (Å²) < 4.78 is 1.45. The summed E-state index contributed by atoms with van der Waals surface area (Å²) in [7, 11) is 0. The Morgan fingerprint density at radius 2 is 2.44 bits per heavy atom. The maximum atomic E-state index is 11.7. The summed E-state index contributed by atoms with van der Waals surface area (Å²) in [6, 6.07) is 1.46. The van der Waals surface area contributed by atoms with E-state index in [4.69, 9.17) is 11.6 Å². The highest BCUT2D eigenvalue weighted by Gasteiger charge is 2.31. The second-order valence-corrected chi connectivity index (χ2v) is 5.70. The Morgan fingerprint density at radius 1 is 1.69 bits per heavy atom. The van der Waals surface area contributed by atoms with Crippen LogP contribution in [0.25, 0.3) is 0 Å². The van der Waals surface area contributed by atoms with Crippen LogP contribution in [0.4, 0.5) is 0 Å². The van der Waals surface area contributed by atoms with Crippen LogP contribution >= 0.6 is 38.9 Å². The van der Waals surface area contributed by atoms with Gasteiger partial charge in [0.1, 0.15) is 10.4 Å². The van der Waals surface area contributed by atoms with Gasteiger partial charge in [-0.3, -0.25) is 15.1 Å². The number of halogens is 2. The van der Waals surface area contributed by atoms with Crippen molar-refractivity contribution < 1.29 is 4.79 Å². The monoisotopic (exact) mass is 321 g/mol. The van der Waals surface area contributed by atoms with Gasteiger partial charge in [-0.2, -0.15) is 0 Å². The zero-order valence-corrected chi connectivity index (χ0v) is 11.5. The molecule has 1 amide bonds. The Balaban J connectivity index is 2.23. The molecule has 1 atom stereocenters. The summed E-state index contributed by atoms with van der Waals surface area (Å²) in [5.74, 6) is 0.427. The Kier molecular flexibility index (Phi) is 3.51. The van der Waals surface area contributed by atoms with Gasteiger partial charge in [-0.1, -0.05) is 11.6 Å². The molecular weight excluding hydrogens is 314 g/mol. The molecule has 0 spiro atoms. The number of amides is 1. The van der Waals surface area contributed by atoms with Crippen LogP contribution in [0.2, 0.25) is 4.34 Å². The van der Waals surface area contributed by atoms with E-state index in [-0.39, 0.29) is 11.9 Å². The molecule has 1 aliphatic rings. The summed E-state index contributed by atoms with van der Waals surface area (Å²) >= 11 is 10.6. The number of carbonyl (C=O) groups is 1. The van der Waals surface area contributed by atoms with Gasteiger partial charge in [-0.15, -0.1) is 11.3 Å². The van der Waals surface area contributed by atoms with Crippen LogP contribution in [0.3, 0.4) is 0 Å². The number of rotatable bonds is 2. The van der Waals surface area contributed by atoms with Crippen LogP contribution in [0.15, 0.2) is 15.5 Å². The summed E-state index contributed by atoms with van der Waals surface area (Å²) in [5, 5.41) is 5.70. The van der Waals surface area contributed by atoms with Crippen molar-refractivity contribution in [3.63, 3.8) is 0 Å². The molecule has 2 rings (SSSR count). The van der Waals surface area contributed by atoms with E-state index in [9.17, 15) is 4.79 Å². The van der Waals surface area contributed by atoms with E-state index in [0.717, 1.165) is 9.35 Å². The smallest absolute Gasteiger partial charge is 0.254 e. The first kappa shape index (κ1) is 11.9. The van der Waals surface area contributed by atoms with Crippen molar-refractivity contribution in [3.05, 3.63) is 19.8 Å². The molecule has 1 unspecified atom stereocenters. The number of nitrogens with one attached hydrogen (secondary N) is 2. The van der Waals surface area contributed by atoms with Crippen molar-refractivity contribution in [2.75, 3.05) is 6.54 Å². The Hall–Kier alpha value is -0.590. The fraction of sp³-hybridized carbons (Fsp3) is 0.333. The average molecular weight is 323 g/mol. The molecule has 1 aromatic heterocycles. The van der Waals surface area contributed by atoms with Gasteiger partial charge >= 0.3 is 0 Å². The highest BCUT2D eigenvalue weighted by molar-refractivity contribution is 9.10. The van der Waals surface area contributed by atoms with Gasteiger partial charge in [0.2, 0.25) is 0 Å². The number of nitrogens with zero attached hydrogens (tertiary/aromatic N) is 1. The van der Waals surface area contributed by atoms with Crippen LogP contribution in [-0.2, 0) is 4.79 Å². The van der Waals surface area contributed by atoms with Crippen molar-refractivity contribution in [1.82, 2.24) is 10.6 Å². The molecule has 0 bridgehead atoms. The Labute approximate surface area is 110 Å².